The van der Waals surface area contributed by atoms with Crippen LogP contribution in [0.3, 0.4) is 0 Å². The van der Waals surface area contributed by atoms with Crippen molar-refractivity contribution in [3.8, 4) is 0 Å². The van der Waals surface area contributed by atoms with Gasteiger partial charge in [0, 0.05) is 5.02 Å². The van der Waals surface area contributed by atoms with Crippen molar-refractivity contribution in [1.29, 1.82) is 0 Å². The molecule has 0 spiro atoms. The lowest BCUT2D eigenvalue weighted by atomic mass is 9.92. The van der Waals surface area contributed by atoms with E-state index in [1.807, 2.05) is 0 Å². The molecule has 1 unspecified atom stereocenters. The summed E-state index contributed by atoms with van der Waals surface area (Å²) in [6, 6.07) is 12.9. The Hall–Kier alpha value is -0.470. The molecule has 19 heavy (non-hydrogen) atoms. The van der Waals surface area contributed by atoms with Crippen LogP contribution >= 0.6 is 46.4 Å². The maximum Gasteiger partial charge on any atom is 0.201 e. The maximum atomic E-state index is 13.0. The number of halogens is 5. The molecule has 5 heteroatoms. The number of rotatable bonds is 2. The highest BCUT2D eigenvalue weighted by Crippen LogP contribution is 2.45. The predicted molar refractivity (Wildman–Crippen MR) is 80.0 cm³/mol. The van der Waals surface area contributed by atoms with E-state index in [2.05, 4.69) is 0 Å². The Morgan fingerprint density at radius 1 is 0.789 bits per heavy atom. The maximum absolute atomic E-state index is 13.0. The summed E-state index contributed by atoms with van der Waals surface area (Å²) in [5, 5.41) is 0.603. The molecule has 0 aliphatic rings. The second-order valence-corrected chi connectivity index (χ2v) is 6.88. The summed E-state index contributed by atoms with van der Waals surface area (Å²) >= 11 is 24.0. The quantitative estimate of drug-likeness (QED) is 0.591. The van der Waals surface area contributed by atoms with Gasteiger partial charge in [-0.05, 0) is 35.4 Å². The molecule has 0 amide bonds. The molecule has 0 nitrogen and oxygen atoms in total. The zero-order valence-corrected chi connectivity index (χ0v) is 12.6. The van der Waals surface area contributed by atoms with Crippen LogP contribution in [0.15, 0.2) is 48.5 Å². The van der Waals surface area contributed by atoms with Gasteiger partial charge in [0.25, 0.3) is 0 Å². The Morgan fingerprint density at radius 2 is 1.21 bits per heavy atom. The highest BCUT2D eigenvalue weighted by Gasteiger charge is 2.35. The molecule has 0 fully saturated rings. The van der Waals surface area contributed by atoms with E-state index in [9.17, 15) is 4.39 Å². The lowest BCUT2D eigenvalue weighted by Gasteiger charge is -2.25. The topological polar surface area (TPSA) is 0 Å². The van der Waals surface area contributed by atoms with Gasteiger partial charge in [-0.2, -0.15) is 0 Å². The predicted octanol–water partition coefficient (Wildman–Crippen LogP) is 5.98. The van der Waals surface area contributed by atoms with Crippen LogP contribution in [0.2, 0.25) is 5.02 Å². The van der Waals surface area contributed by atoms with Crippen molar-refractivity contribution >= 4 is 46.4 Å². The van der Waals surface area contributed by atoms with Gasteiger partial charge < -0.3 is 0 Å². The van der Waals surface area contributed by atoms with E-state index in [-0.39, 0.29) is 5.82 Å². The Balaban J connectivity index is 2.47. The van der Waals surface area contributed by atoms with Crippen LogP contribution in [0.1, 0.15) is 17.0 Å². The summed E-state index contributed by atoms with van der Waals surface area (Å²) in [7, 11) is 0. The number of benzene rings is 2. The third-order valence-electron chi connectivity index (χ3n) is 2.73. The zero-order chi connectivity index (χ0) is 14.0. The van der Waals surface area contributed by atoms with E-state index in [1.54, 1.807) is 36.4 Å². The average Bonchev–Trinajstić information content (AvgIpc) is 2.33. The van der Waals surface area contributed by atoms with Crippen molar-refractivity contribution in [2.75, 3.05) is 0 Å². The normalized spacial score (nSPS) is 13.3. The van der Waals surface area contributed by atoms with Gasteiger partial charge in [-0.15, -0.1) is 0 Å². The van der Waals surface area contributed by atoms with Crippen LogP contribution in [-0.2, 0) is 0 Å². The third-order valence-corrected chi connectivity index (χ3v) is 3.64. The van der Waals surface area contributed by atoms with Gasteiger partial charge in [0.15, 0.2) is 0 Å². The van der Waals surface area contributed by atoms with Crippen LogP contribution in [0.5, 0.6) is 0 Å². The van der Waals surface area contributed by atoms with Crippen molar-refractivity contribution < 1.29 is 4.39 Å². The summed E-state index contributed by atoms with van der Waals surface area (Å²) in [5.74, 6) is -0.821. The molecule has 2 rings (SSSR count). The molecule has 0 aliphatic heterocycles. The van der Waals surface area contributed by atoms with Crippen LogP contribution in [-0.4, -0.2) is 3.79 Å². The fraction of sp³-hybridized carbons (Fsp3) is 0.143. The number of alkyl halides is 3. The molecular weight excluding hydrogens is 329 g/mol. The summed E-state index contributed by atoms with van der Waals surface area (Å²) in [6.07, 6.45) is 0. The highest BCUT2D eigenvalue weighted by molar-refractivity contribution is 6.68. The first-order valence-corrected chi connectivity index (χ1v) is 6.97. The fourth-order valence-corrected chi connectivity index (χ4v) is 2.76. The van der Waals surface area contributed by atoms with Crippen molar-refractivity contribution in [3.05, 3.63) is 70.5 Å². The molecule has 0 aliphatic carbocycles. The van der Waals surface area contributed by atoms with Gasteiger partial charge in [-0.25, -0.2) is 4.39 Å². The molecule has 0 bridgehead atoms. The molecule has 100 valence electrons. The smallest absolute Gasteiger partial charge is 0.201 e. The fourth-order valence-electron chi connectivity index (χ4n) is 1.88. The van der Waals surface area contributed by atoms with Gasteiger partial charge >= 0.3 is 0 Å². The highest BCUT2D eigenvalue weighted by atomic mass is 35.6. The van der Waals surface area contributed by atoms with Crippen molar-refractivity contribution in [3.63, 3.8) is 0 Å². The van der Waals surface area contributed by atoms with Crippen LogP contribution in [0, 0.1) is 5.82 Å². The molecule has 0 heterocycles. The molecule has 0 saturated heterocycles. The van der Waals surface area contributed by atoms with Crippen molar-refractivity contribution in [1.82, 2.24) is 0 Å². The van der Waals surface area contributed by atoms with Gasteiger partial charge in [-0.1, -0.05) is 70.7 Å². The number of hydrogen-bond acceptors (Lipinski definition) is 0. The molecule has 2 aromatic rings. The Kier molecular flexibility index (Phi) is 4.62. The standard InChI is InChI=1S/C14H9Cl4F/c15-11-5-1-9(2-6-11)13(14(16,17)18)10-3-7-12(19)8-4-10/h1-8,13H. The molecular formula is C14H9Cl4F. The third kappa shape index (κ3) is 3.76. The minimum Gasteiger partial charge on any atom is -0.207 e. The second-order valence-electron chi connectivity index (χ2n) is 4.08. The van der Waals surface area contributed by atoms with E-state index in [0.29, 0.717) is 5.02 Å². The van der Waals surface area contributed by atoms with Gasteiger partial charge in [-0.3, -0.25) is 0 Å². The first-order valence-electron chi connectivity index (χ1n) is 5.45. The zero-order valence-electron chi connectivity index (χ0n) is 9.59. The summed E-state index contributed by atoms with van der Waals surface area (Å²) in [5.41, 5.74) is 1.53. The van der Waals surface area contributed by atoms with E-state index in [1.165, 1.54) is 12.1 Å². The lowest BCUT2D eigenvalue weighted by molar-refractivity contribution is 0.626. The van der Waals surface area contributed by atoms with Gasteiger partial charge in [0.05, 0.1) is 5.92 Å². The Labute approximate surface area is 131 Å². The first kappa shape index (κ1) is 14.9. The largest absolute Gasteiger partial charge is 0.207 e. The summed E-state index contributed by atoms with van der Waals surface area (Å²) < 4.78 is 11.4. The van der Waals surface area contributed by atoms with Crippen LogP contribution in [0.4, 0.5) is 4.39 Å². The SMILES string of the molecule is Fc1ccc(C(c2ccc(Cl)cc2)C(Cl)(Cl)Cl)cc1. The Morgan fingerprint density at radius 3 is 1.63 bits per heavy atom. The monoisotopic (exact) mass is 336 g/mol. The summed E-state index contributed by atoms with van der Waals surface area (Å²) in [6.45, 7) is 0. The van der Waals surface area contributed by atoms with Crippen LogP contribution < -0.4 is 0 Å². The first-order chi connectivity index (χ1) is 8.88. The molecule has 0 saturated carbocycles. The van der Waals surface area contributed by atoms with Crippen molar-refractivity contribution in [2.24, 2.45) is 0 Å². The minimum absolute atomic E-state index is 0.331. The van der Waals surface area contributed by atoms with Gasteiger partial charge in [0.2, 0.25) is 3.79 Å². The lowest BCUT2D eigenvalue weighted by Crippen LogP contribution is -2.18. The average molecular weight is 338 g/mol. The van der Waals surface area contributed by atoms with E-state index >= 15 is 0 Å². The Bertz CT molecular complexity index is 498. The molecule has 2 aromatic carbocycles. The van der Waals surface area contributed by atoms with E-state index < -0.39 is 9.71 Å². The van der Waals surface area contributed by atoms with E-state index in [4.69, 9.17) is 46.4 Å². The van der Waals surface area contributed by atoms with Crippen LogP contribution in [0.25, 0.3) is 0 Å². The molecule has 0 N–H and O–H groups in total. The van der Waals surface area contributed by atoms with E-state index in [0.717, 1.165) is 11.1 Å². The molecule has 1 atom stereocenters. The minimum atomic E-state index is -1.54. The molecule has 0 radical (unpaired) electrons. The van der Waals surface area contributed by atoms with Gasteiger partial charge in [0.1, 0.15) is 5.82 Å². The molecule has 0 aromatic heterocycles. The number of hydrogen-bond donors (Lipinski definition) is 0. The second kappa shape index (κ2) is 5.88. The van der Waals surface area contributed by atoms with Crippen molar-refractivity contribution in [2.45, 2.75) is 9.71 Å². The summed E-state index contributed by atoms with van der Waals surface area (Å²) in [4.78, 5) is 0.